The molecule has 1 saturated carbocycles. The largest absolute Gasteiger partial charge is 0.395 e. The summed E-state index contributed by atoms with van der Waals surface area (Å²) in [5, 5.41) is 13.4. The summed E-state index contributed by atoms with van der Waals surface area (Å²) in [5.74, 6) is 0.406. The highest BCUT2D eigenvalue weighted by molar-refractivity contribution is 7.94. The summed E-state index contributed by atoms with van der Waals surface area (Å²) in [4.78, 5) is 11.7. The van der Waals surface area contributed by atoms with Crippen molar-refractivity contribution in [1.82, 2.24) is 14.9 Å². The van der Waals surface area contributed by atoms with Gasteiger partial charge in [0.25, 0.3) is 10.0 Å². The van der Waals surface area contributed by atoms with E-state index in [9.17, 15) is 13.5 Å². The Morgan fingerprint density at radius 2 is 2.06 bits per heavy atom. The lowest BCUT2D eigenvalue weighted by Crippen LogP contribution is -2.40. The highest BCUT2D eigenvalue weighted by Crippen LogP contribution is 2.39. The van der Waals surface area contributed by atoms with Crippen LogP contribution in [0.4, 0.5) is 5.69 Å². The minimum atomic E-state index is -3.64. The van der Waals surface area contributed by atoms with Crippen molar-refractivity contribution >= 4 is 49.3 Å². The van der Waals surface area contributed by atoms with E-state index in [4.69, 9.17) is 0 Å². The van der Waals surface area contributed by atoms with Gasteiger partial charge in [0.1, 0.15) is 9.22 Å². The fourth-order valence-electron chi connectivity index (χ4n) is 5.02. The summed E-state index contributed by atoms with van der Waals surface area (Å²) >= 11 is 2.91. The Hall–Kier alpha value is -2.24. The molecule has 1 aromatic carbocycles. The Morgan fingerprint density at radius 1 is 1.17 bits per heavy atom. The average molecular weight is 543 g/mol. The van der Waals surface area contributed by atoms with Crippen LogP contribution in [0.2, 0.25) is 0 Å². The molecule has 1 aliphatic carbocycles. The molecule has 0 radical (unpaired) electrons. The van der Waals surface area contributed by atoms with E-state index in [1.807, 2.05) is 29.8 Å². The SMILES string of the molecule is O=S(=O)(c1cccs1)N(CC1CC1)c1cccc2cc(-c3ncc(CN4CCCCC4CO)s3)[nH]c12. The average Bonchev–Trinajstić information content (AvgIpc) is 3.27. The second-order valence-corrected chi connectivity index (χ2v) is 13.9. The molecular weight excluding hydrogens is 513 g/mol. The molecule has 1 atom stereocenters. The predicted molar refractivity (Wildman–Crippen MR) is 146 cm³/mol. The van der Waals surface area contributed by atoms with Crippen molar-refractivity contribution in [2.75, 3.05) is 24.0 Å². The molecule has 4 aromatic rings. The number of benzene rings is 1. The zero-order valence-electron chi connectivity index (χ0n) is 20.0. The monoisotopic (exact) mass is 542 g/mol. The maximum absolute atomic E-state index is 13.6. The fourth-order valence-corrected chi connectivity index (χ4v) is 8.59. The number of piperidine rings is 1. The van der Waals surface area contributed by atoms with Crippen LogP contribution in [-0.4, -0.2) is 54.1 Å². The summed E-state index contributed by atoms with van der Waals surface area (Å²) in [5.41, 5.74) is 2.40. The molecule has 7 nitrogen and oxygen atoms in total. The number of aromatic amines is 1. The highest BCUT2D eigenvalue weighted by Gasteiger charge is 2.33. The van der Waals surface area contributed by atoms with Crippen LogP contribution >= 0.6 is 22.7 Å². The number of thiazole rings is 1. The van der Waals surface area contributed by atoms with Crippen LogP contribution < -0.4 is 4.31 Å². The molecule has 0 spiro atoms. The van der Waals surface area contributed by atoms with Gasteiger partial charge >= 0.3 is 0 Å². The number of thiophene rings is 1. The maximum atomic E-state index is 13.6. The van der Waals surface area contributed by atoms with Gasteiger partial charge in [-0.2, -0.15) is 0 Å². The number of H-pyrrole nitrogens is 1. The number of nitrogens with zero attached hydrogens (tertiary/aromatic N) is 3. The summed E-state index contributed by atoms with van der Waals surface area (Å²) in [6.45, 7) is 2.49. The normalized spacial score (nSPS) is 19.2. The van der Waals surface area contributed by atoms with Crippen LogP contribution in [-0.2, 0) is 16.6 Å². The molecule has 1 aliphatic heterocycles. The van der Waals surface area contributed by atoms with Crippen molar-refractivity contribution in [1.29, 1.82) is 0 Å². The molecule has 0 bridgehead atoms. The Labute approximate surface area is 219 Å². The number of sulfonamides is 1. The van der Waals surface area contributed by atoms with E-state index >= 15 is 0 Å². The third-order valence-corrected chi connectivity index (χ3v) is 11.3. The van der Waals surface area contributed by atoms with E-state index < -0.39 is 10.0 Å². The number of fused-ring (bicyclic) bond motifs is 1. The van der Waals surface area contributed by atoms with E-state index in [0.29, 0.717) is 22.4 Å². The van der Waals surface area contributed by atoms with Crippen molar-refractivity contribution in [2.24, 2.45) is 5.92 Å². The van der Waals surface area contributed by atoms with Crippen LogP contribution in [0, 0.1) is 5.92 Å². The Bertz CT molecular complexity index is 1440. The minimum Gasteiger partial charge on any atom is -0.395 e. The van der Waals surface area contributed by atoms with Crippen molar-refractivity contribution in [2.45, 2.75) is 48.9 Å². The van der Waals surface area contributed by atoms with Crippen LogP contribution in [0.1, 0.15) is 37.0 Å². The number of hydrogen-bond donors (Lipinski definition) is 2. The van der Waals surface area contributed by atoms with E-state index in [-0.39, 0.29) is 12.6 Å². The van der Waals surface area contributed by atoms with Gasteiger partial charge in [-0.1, -0.05) is 24.6 Å². The lowest BCUT2D eigenvalue weighted by Gasteiger charge is -2.34. The molecule has 190 valence electrons. The first kappa shape index (κ1) is 24.1. The van der Waals surface area contributed by atoms with Crippen LogP contribution in [0.3, 0.4) is 0 Å². The summed E-state index contributed by atoms with van der Waals surface area (Å²) < 4.78 is 29.2. The second kappa shape index (κ2) is 9.90. The molecular formula is C26H30N4O3S3. The van der Waals surface area contributed by atoms with Gasteiger partial charge in [0.2, 0.25) is 0 Å². The molecule has 0 amide bonds. The van der Waals surface area contributed by atoms with Crippen molar-refractivity contribution in [3.8, 4) is 10.7 Å². The maximum Gasteiger partial charge on any atom is 0.273 e. The summed E-state index contributed by atoms with van der Waals surface area (Å²) in [7, 11) is -3.64. The first-order valence-corrected chi connectivity index (χ1v) is 15.6. The number of nitrogens with one attached hydrogen (secondary N) is 1. The zero-order chi connectivity index (χ0) is 24.7. The highest BCUT2D eigenvalue weighted by atomic mass is 32.2. The third kappa shape index (κ3) is 4.72. The summed E-state index contributed by atoms with van der Waals surface area (Å²) in [6.07, 6.45) is 7.44. The lowest BCUT2D eigenvalue weighted by atomic mass is 10.0. The quantitative estimate of drug-likeness (QED) is 0.299. The molecule has 3 aromatic heterocycles. The predicted octanol–water partition coefficient (Wildman–Crippen LogP) is 5.31. The van der Waals surface area contributed by atoms with Crippen molar-refractivity contribution in [3.63, 3.8) is 0 Å². The van der Waals surface area contributed by atoms with Gasteiger partial charge in [-0.3, -0.25) is 9.21 Å². The smallest absolute Gasteiger partial charge is 0.273 e. The number of aromatic nitrogens is 2. The number of rotatable bonds is 9. The van der Waals surface area contributed by atoms with Gasteiger partial charge in [0, 0.05) is 35.6 Å². The molecule has 4 heterocycles. The number of aliphatic hydroxyl groups is 1. The lowest BCUT2D eigenvalue weighted by molar-refractivity contribution is 0.0849. The molecule has 1 unspecified atom stereocenters. The minimum absolute atomic E-state index is 0.197. The number of para-hydroxylation sites is 1. The molecule has 36 heavy (non-hydrogen) atoms. The van der Waals surface area contributed by atoms with E-state index in [0.717, 1.165) is 54.0 Å². The third-order valence-electron chi connectivity index (χ3n) is 7.17. The van der Waals surface area contributed by atoms with Crippen molar-refractivity contribution < 1.29 is 13.5 Å². The topological polar surface area (TPSA) is 89.5 Å². The van der Waals surface area contributed by atoms with Gasteiger partial charge in [-0.05, 0) is 61.7 Å². The molecule has 10 heteroatoms. The Kier molecular flexibility index (Phi) is 6.64. The molecule has 2 N–H and O–H groups in total. The van der Waals surface area contributed by atoms with Crippen LogP contribution in [0.15, 0.2) is 52.2 Å². The van der Waals surface area contributed by atoms with Gasteiger partial charge in [0.15, 0.2) is 0 Å². The molecule has 2 fully saturated rings. The summed E-state index contributed by atoms with van der Waals surface area (Å²) in [6, 6.07) is 11.6. The molecule has 1 saturated heterocycles. The number of hydrogen-bond acceptors (Lipinski definition) is 7. The van der Waals surface area contributed by atoms with Gasteiger partial charge in [-0.25, -0.2) is 13.4 Å². The van der Waals surface area contributed by atoms with Gasteiger partial charge in [0.05, 0.1) is 23.5 Å². The second-order valence-electron chi connectivity index (χ2n) is 9.77. The number of anilines is 1. The standard InChI is InChI=1S/C26H30N4O3S3/c31-17-20-6-1-2-11-29(20)16-21-14-27-26(35-21)22-13-19-5-3-7-23(25(19)28-22)30(15-18-9-10-18)36(32,33)24-8-4-12-34-24/h3-5,7-8,12-14,18,20,28,31H,1-2,6,9-11,15-17H2. The van der Waals surface area contributed by atoms with Crippen molar-refractivity contribution in [3.05, 3.63) is 52.9 Å². The van der Waals surface area contributed by atoms with E-state index in [1.165, 1.54) is 29.1 Å². The van der Waals surface area contributed by atoms with Crippen LogP contribution in [0.25, 0.3) is 21.6 Å². The zero-order valence-corrected chi connectivity index (χ0v) is 22.4. The molecule has 6 rings (SSSR count). The fraction of sp³-hybridized carbons (Fsp3) is 0.423. The van der Waals surface area contributed by atoms with E-state index in [1.54, 1.807) is 27.8 Å². The molecule has 2 aliphatic rings. The first-order chi connectivity index (χ1) is 17.5. The van der Waals surface area contributed by atoms with Gasteiger partial charge < -0.3 is 10.1 Å². The first-order valence-electron chi connectivity index (χ1n) is 12.5. The number of aliphatic hydroxyl groups excluding tert-OH is 1. The Balaban J connectivity index is 1.32. The van der Waals surface area contributed by atoms with Gasteiger partial charge in [-0.15, -0.1) is 22.7 Å². The number of likely N-dealkylation sites (tertiary alicyclic amines) is 1. The Morgan fingerprint density at radius 3 is 2.83 bits per heavy atom. The van der Waals surface area contributed by atoms with E-state index in [2.05, 4.69) is 20.9 Å². The van der Waals surface area contributed by atoms with Crippen LogP contribution in [0.5, 0.6) is 0 Å².